The Kier molecular flexibility index (Phi) is 13.5. The van der Waals surface area contributed by atoms with Crippen LogP contribution >= 0.6 is 34.2 Å². The predicted octanol–water partition coefficient (Wildman–Crippen LogP) is 7.10. The lowest BCUT2D eigenvalue weighted by Crippen LogP contribution is -2.35. The second-order valence-electron chi connectivity index (χ2n) is 16.3. The summed E-state index contributed by atoms with van der Waals surface area (Å²) in [4.78, 5) is 23.8. The van der Waals surface area contributed by atoms with Crippen LogP contribution in [0.5, 0.6) is 5.75 Å². The smallest absolute Gasteiger partial charge is 0.268 e. The number of H-pyrrole nitrogens is 1. The first kappa shape index (κ1) is 42.2. The number of sulfonamides is 1. The van der Waals surface area contributed by atoms with Gasteiger partial charge in [-0.1, -0.05) is 43.2 Å². The topological polar surface area (TPSA) is 137 Å². The van der Waals surface area contributed by atoms with E-state index in [1.54, 1.807) is 30.3 Å². The third-order valence-corrected chi connectivity index (χ3v) is 13.6. The van der Waals surface area contributed by atoms with Gasteiger partial charge in [0.25, 0.3) is 15.9 Å². The van der Waals surface area contributed by atoms with Gasteiger partial charge in [-0.3, -0.25) is 9.79 Å². The molecule has 7 rings (SSSR count). The monoisotopic (exact) mass is 938 g/mol. The van der Waals surface area contributed by atoms with Crippen molar-refractivity contribution >= 4 is 73.1 Å². The Balaban J connectivity index is 1.04. The lowest BCUT2D eigenvalue weighted by atomic mass is 9.72. The highest BCUT2D eigenvalue weighted by atomic mass is 127. The van der Waals surface area contributed by atoms with Crippen molar-refractivity contribution in [1.29, 1.82) is 0 Å². The lowest BCUT2D eigenvalue weighted by Gasteiger charge is -2.35. The zero-order valence-corrected chi connectivity index (χ0v) is 37.0. The van der Waals surface area contributed by atoms with Crippen molar-refractivity contribution in [2.24, 2.45) is 16.3 Å². The molecule has 58 heavy (non-hydrogen) atoms. The number of hydrogen-bond acceptors (Lipinski definition) is 9. The first-order valence-electron chi connectivity index (χ1n) is 19.9. The van der Waals surface area contributed by atoms with E-state index in [2.05, 4.69) is 85.9 Å². The van der Waals surface area contributed by atoms with Crippen LogP contribution in [0.2, 0.25) is 5.02 Å². The van der Waals surface area contributed by atoms with Gasteiger partial charge in [0.05, 0.1) is 17.0 Å². The summed E-state index contributed by atoms with van der Waals surface area (Å²) in [7, 11) is -2.08. The van der Waals surface area contributed by atoms with Gasteiger partial charge >= 0.3 is 0 Å². The fraction of sp³-hybridized carbons (Fsp3) is 0.409. The maximum Gasteiger partial charge on any atom is 0.268 e. The Morgan fingerprint density at radius 3 is 2.64 bits per heavy atom. The molecule has 3 aromatic carbocycles. The molecule has 2 aliphatic heterocycles. The molecular weight excluding hydrogens is 887 g/mol. The third kappa shape index (κ3) is 10.8. The van der Waals surface area contributed by atoms with Crippen LogP contribution in [0.25, 0.3) is 11.6 Å². The normalized spacial score (nSPS) is 18.2. The van der Waals surface area contributed by atoms with E-state index < -0.39 is 22.0 Å². The molecule has 0 bridgehead atoms. The summed E-state index contributed by atoms with van der Waals surface area (Å²) in [5, 5.41) is 8.58. The zero-order chi connectivity index (χ0) is 40.9. The van der Waals surface area contributed by atoms with Gasteiger partial charge in [0, 0.05) is 76.8 Å². The van der Waals surface area contributed by atoms with E-state index in [4.69, 9.17) is 21.1 Å². The zero-order valence-electron chi connectivity index (χ0n) is 33.2. The summed E-state index contributed by atoms with van der Waals surface area (Å²) in [6, 6.07) is 20.1. The highest BCUT2D eigenvalue weighted by molar-refractivity contribution is 14.1. The van der Waals surface area contributed by atoms with E-state index in [1.807, 2.05) is 30.5 Å². The molecule has 1 atom stereocenters. The van der Waals surface area contributed by atoms with Crippen LogP contribution in [0, 0.1) is 14.9 Å². The number of fused-ring (bicyclic) bond motifs is 1. The van der Waals surface area contributed by atoms with Gasteiger partial charge in [-0.25, -0.2) is 13.1 Å². The number of allylic oxidation sites excluding steroid dienone is 1. The average Bonchev–Trinajstić information content (AvgIpc) is 3.67. The molecule has 14 heteroatoms. The molecular formula is C44H52ClIN6O5S. The summed E-state index contributed by atoms with van der Waals surface area (Å²) in [5.74, 6) is -0.0247. The van der Waals surface area contributed by atoms with Crippen molar-refractivity contribution < 1.29 is 22.7 Å². The summed E-state index contributed by atoms with van der Waals surface area (Å²) in [6.45, 7) is 9.59. The van der Waals surface area contributed by atoms with Crippen LogP contribution in [0.1, 0.15) is 61.9 Å². The Bertz CT molecular complexity index is 2380. The number of anilines is 2. The van der Waals surface area contributed by atoms with E-state index in [-0.39, 0.29) is 21.6 Å². The van der Waals surface area contributed by atoms with E-state index >= 15 is 0 Å². The number of likely N-dealkylation sites (N-methyl/N-ethyl adjacent to an activating group) is 1. The van der Waals surface area contributed by atoms with Crippen LogP contribution in [0.3, 0.4) is 0 Å². The van der Waals surface area contributed by atoms with Crippen LogP contribution in [-0.2, 0) is 14.8 Å². The molecule has 1 aromatic heterocycles. The van der Waals surface area contributed by atoms with E-state index in [0.29, 0.717) is 19.0 Å². The van der Waals surface area contributed by atoms with Gasteiger partial charge in [-0.05, 0) is 139 Å². The Morgan fingerprint density at radius 1 is 1.07 bits per heavy atom. The molecule has 3 aliphatic rings. The van der Waals surface area contributed by atoms with Gasteiger partial charge in [0.15, 0.2) is 0 Å². The van der Waals surface area contributed by atoms with E-state index in [9.17, 15) is 13.2 Å². The molecule has 0 saturated carbocycles. The maximum atomic E-state index is 13.8. The first-order chi connectivity index (χ1) is 27.8. The van der Waals surface area contributed by atoms with Crippen LogP contribution in [-0.4, -0.2) is 83.3 Å². The van der Waals surface area contributed by atoms with Crippen molar-refractivity contribution in [3.8, 4) is 5.75 Å². The SMILES string of the molecule is CN(CCNc1ccc(C(=O)NS(=O)(=O)c2ccc(NCC3CCOCC3)c(I)c2)c(OC2C=c3cc[nH]c3=NC2)c1)CC1=C(c2ccc(Cl)cc2)CC(C)(C)CC1. The summed E-state index contributed by atoms with van der Waals surface area (Å²) < 4.78 is 42.1. The maximum absolute atomic E-state index is 13.8. The molecule has 4 aromatic rings. The van der Waals surface area contributed by atoms with Crippen molar-refractivity contribution in [2.75, 3.05) is 63.6 Å². The molecule has 1 amide bonds. The number of benzene rings is 3. The number of carbonyl (C=O) groups is 1. The minimum atomic E-state index is -4.21. The molecule has 0 spiro atoms. The molecule has 1 aliphatic carbocycles. The van der Waals surface area contributed by atoms with Gasteiger partial charge < -0.3 is 30.0 Å². The fourth-order valence-corrected chi connectivity index (χ4v) is 9.77. The number of amides is 1. The number of hydrogen-bond donors (Lipinski definition) is 4. The Hall–Kier alpha value is -3.89. The molecule has 4 N–H and O–H groups in total. The number of nitrogens with zero attached hydrogens (tertiary/aromatic N) is 2. The van der Waals surface area contributed by atoms with E-state index in [1.165, 1.54) is 22.8 Å². The predicted molar refractivity (Wildman–Crippen MR) is 240 cm³/mol. The number of ether oxygens (including phenoxy) is 2. The summed E-state index contributed by atoms with van der Waals surface area (Å²) in [6.07, 6.45) is 8.52. The number of nitrogens with one attached hydrogen (secondary N) is 4. The third-order valence-electron chi connectivity index (χ3n) is 11.1. The molecule has 1 fully saturated rings. The van der Waals surface area contributed by atoms with Crippen LogP contribution in [0.4, 0.5) is 11.4 Å². The van der Waals surface area contributed by atoms with Crippen molar-refractivity contribution in [3.63, 3.8) is 0 Å². The molecule has 3 heterocycles. The molecule has 308 valence electrons. The lowest BCUT2D eigenvalue weighted by molar-refractivity contribution is 0.0699. The second kappa shape index (κ2) is 18.6. The quantitative estimate of drug-likeness (QED) is 0.0928. The number of aromatic amines is 1. The molecule has 11 nitrogen and oxygen atoms in total. The average molecular weight is 939 g/mol. The molecule has 1 unspecified atom stereocenters. The van der Waals surface area contributed by atoms with Crippen LogP contribution in [0.15, 0.2) is 88.4 Å². The van der Waals surface area contributed by atoms with Crippen LogP contribution < -0.4 is 30.8 Å². The standard InChI is InChI=1S/C44H52ClIN6O5S/c1-44(2)16-12-32(38(25-44)30-4-6-33(45)7-5-30)28-52(3)19-18-47-34-8-10-37(41(23-34)57-35-22-31-13-17-48-42(31)50-27-35)43(53)51-58(54,55)36-9-11-40(39(46)24-36)49-26-29-14-20-56-21-15-29/h4-11,13,17,22-24,29,35,47,49H,12,14-16,18-21,25-28H2,1-3H3,(H,48,50)(H,51,53). The highest BCUT2D eigenvalue weighted by Crippen LogP contribution is 2.43. The number of carbonyl (C=O) groups excluding carboxylic acids is 1. The van der Waals surface area contributed by atoms with Gasteiger partial charge in [0.2, 0.25) is 0 Å². The second-order valence-corrected chi connectivity index (χ2v) is 19.5. The summed E-state index contributed by atoms with van der Waals surface area (Å²) in [5.41, 5.74) is 6.82. The van der Waals surface area contributed by atoms with Crippen molar-refractivity contribution in [2.45, 2.75) is 57.0 Å². The van der Waals surface area contributed by atoms with E-state index in [0.717, 1.165) is 95.6 Å². The molecule has 0 radical (unpaired) electrons. The van der Waals surface area contributed by atoms with Gasteiger partial charge in [-0.15, -0.1) is 0 Å². The highest BCUT2D eigenvalue weighted by Gasteiger charge is 2.29. The van der Waals surface area contributed by atoms with Crippen molar-refractivity contribution in [1.82, 2.24) is 14.6 Å². The number of halogens is 2. The van der Waals surface area contributed by atoms with Crippen molar-refractivity contribution in [3.05, 3.63) is 109 Å². The summed E-state index contributed by atoms with van der Waals surface area (Å²) >= 11 is 8.34. The Morgan fingerprint density at radius 2 is 1.86 bits per heavy atom. The van der Waals surface area contributed by atoms with Gasteiger partial charge in [0.1, 0.15) is 17.3 Å². The number of aromatic nitrogens is 1. The minimum absolute atomic E-state index is 0.000805. The minimum Gasteiger partial charge on any atom is -0.483 e. The fourth-order valence-electron chi connectivity index (χ4n) is 7.74. The first-order valence-corrected chi connectivity index (χ1v) is 22.8. The van der Waals surface area contributed by atoms with Gasteiger partial charge in [-0.2, -0.15) is 0 Å². The largest absolute Gasteiger partial charge is 0.483 e. The Labute approximate surface area is 359 Å². The molecule has 1 saturated heterocycles. The number of rotatable bonds is 15.